The minimum absolute atomic E-state index is 0.0711. The molecule has 5 nitrogen and oxygen atoms in total. The van der Waals surface area contributed by atoms with Crippen molar-refractivity contribution >= 4 is 23.2 Å². The predicted octanol–water partition coefficient (Wildman–Crippen LogP) is 4.07. The molecule has 1 atom stereocenters. The first-order valence-corrected chi connectivity index (χ1v) is 9.55. The standard InChI is InChI=1S/C22H25N3O2/c1-14(2)15-6-9-17(10-7-15)23-21(26)16-8-11-18-19(13-16)24(3)20-5-4-12-25(20)22(18)27/h6-11,13-14,20H,4-5,12H2,1-3H3,(H,23,26)/t20-/m1/s1. The van der Waals surface area contributed by atoms with Crippen molar-refractivity contribution in [1.29, 1.82) is 0 Å². The molecule has 2 aliphatic rings. The molecule has 0 radical (unpaired) electrons. The highest BCUT2D eigenvalue weighted by molar-refractivity contribution is 6.08. The summed E-state index contributed by atoms with van der Waals surface area (Å²) in [6, 6.07) is 13.3. The number of hydrogen-bond acceptors (Lipinski definition) is 3. The molecular weight excluding hydrogens is 338 g/mol. The zero-order valence-corrected chi connectivity index (χ0v) is 16.0. The van der Waals surface area contributed by atoms with Gasteiger partial charge < -0.3 is 15.1 Å². The van der Waals surface area contributed by atoms with Crippen LogP contribution >= 0.6 is 0 Å². The number of amides is 2. The van der Waals surface area contributed by atoms with Gasteiger partial charge in [0.15, 0.2) is 0 Å². The molecule has 5 heteroatoms. The van der Waals surface area contributed by atoms with Crippen molar-refractivity contribution < 1.29 is 9.59 Å². The molecule has 0 bridgehead atoms. The zero-order chi connectivity index (χ0) is 19.1. The average molecular weight is 363 g/mol. The Hall–Kier alpha value is -2.82. The van der Waals surface area contributed by atoms with Crippen molar-refractivity contribution in [3.63, 3.8) is 0 Å². The van der Waals surface area contributed by atoms with Crippen molar-refractivity contribution in [2.45, 2.75) is 38.8 Å². The lowest BCUT2D eigenvalue weighted by molar-refractivity contribution is 0.0719. The molecule has 4 rings (SSSR count). The lowest BCUT2D eigenvalue weighted by atomic mass is 10.0. The topological polar surface area (TPSA) is 52.7 Å². The van der Waals surface area contributed by atoms with E-state index in [-0.39, 0.29) is 18.0 Å². The van der Waals surface area contributed by atoms with Gasteiger partial charge in [0.25, 0.3) is 11.8 Å². The maximum absolute atomic E-state index is 12.7. The lowest BCUT2D eigenvalue weighted by Gasteiger charge is -2.40. The first kappa shape index (κ1) is 17.6. The third kappa shape index (κ3) is 3.07. The minimum atomic E-state index is -0.162. The zero-order valence-electron chi connectivity index (χ0n) is 16.0. The number of rotatable bonds is 3. The van der Waals surface area contributed by atoms with Crippen LogP contribution in [0.1, 0.15) is 58.9 Å². The van der Waals surface area contributed by atoms with Gasteiger partial charge in [0, 0.05) is 24.8 Å². The number of benzene rings is 2. The molecule has 0 aliphatic carbocycles. The largest absolute Gasteiger partial charge is 0.354 e. The smallest absolute Gasteiger partial charge is 0.257 e. The number of carbonyl (C=O) groups is 2. The molecule has 140 valence electrons. The lowest BCUT2D eigenvalue weighted by Crippen LogP contribution is -2.50. The summed E-state index contributed by atoms with van der Waals surface area (Å²) < 4.78 is 0. The van der Waals surface area contributed by atoms with Crippen LogP contribution in [0.4, 0.5) is 11.4 Å². The van der Waals surface area contributed by atoms with Gasteiger partial charge in [0.05, 0.1) is 11.3 Å². The molecule has 2 aromatic rings. The van der Waals surface area contributed by atoms with E-state index in [0.29, 0.717) is 17.0 Å². The molecule has 0 aromatic heterocycles. The summed E-state index contributed by atoms with van der Waals surface area (Å²) in [6.45, 7) is 5.09. The molecule has 1 N–H and O–H groups in total. The number of nitrogens with one attached hydrogen (secondary N) is 1. The average Bonchev–Trinajstić information content (AvgIpc) is 3.16. The Morgan fingerprint density at radius 1 is 1.15 bits per heavy atom. The molecule has 1 saturated heterocycles. The number of carbonyl (C=O) groups excluding carboxylic acids is 2. The highest BCUT2D eigenvalue weighted by Gasteiger charge is 2.38. The van der Waals surface area contributed by atoms with Crippen LogP contribution < -0.4 is 10.2 Å². The Labute approximate surface area is 160 Å². The SMILES string of the molecule is CC(C)c1ccc(NC(=O)c2ccc3c(c2)N(C)[C@H]2CCCN2C3=O)cc1. The van der Waals surface area contributed by atoms with E-state index in [1.807, 2.05) is 42.3 Å². The van der Waals surface area contributed by atoms with E-state index in [1.165, 1.54) is 5.56 Å². The molecule has 0 saturated carbocycles. The quantitative estimate of drug-likeness (QED) is 0.894. The Kier molecular flexibility index (Phi) is 4.38. The third-order valence-electron chi connectivity index (χ3n) is 5.63. The fraction of sp³-hybridized carbons (Fsp3) is 0.364. The molecule has 2 aliphatic heterocycles. The van der Waals surface area contributed by atoms with Crippen LogP contribution in [0.15, 0.2) is 42.5 Å². The molecular formula is C22H25N3O2. The molecule has 2 amide bonds. The van der Waals surface area contributed by atoms with Crippen LogP contribution in [0.3, 0.4) is 0 Å². The predicted molar refractivity (Wildman–Crippen MR) is 107 cm³/mol. The van der Waals surface area contributed by atoms with Gasteiger partial charge in [-0.15, -0.1) is 0 Å². The number of anilines is 2. The van der Waals surface area contributed by atoms with Gasteiger partial charge >= 0.3 is 0 Å². The first-order chi connectivity index (χ1) is 13.0. The molecule has 1 fully saturated rings. The Morgan fingerprint density at radius 3 is 2.59 bits per heavy atom. The van der Waals surface area contributed by atoms with Gasteiger partial charge in [-0.1, -0.05) is 26.0 Å². The fourth-order valence-corrected chi connectivity index (χ4v) is 4.00. The van der Waals surface area contributed by atoms with E-state index < -0.39 is 0 Å². The van der Waals surface area contributed by atoms with E-state index in [1.54, 1.807) is 12.1 Å². The minimum Gasteiger partial charge on any atom is -0.354 e. The summed E-state index contributed by atoms with van der Waals surface area (Å²) in [6.07, 6.45) is 2.10. The van der Waals surface area contributed by atoms with Gasteiger partial charge in [-0.2, -0.15) is 0 Å². The number of nitrogens with zero attached hydrogens (tertiary/aromatic N) is 2. The molecule has 0 unspecified atom stereocenters. The van der Waals surface area contributed by atoms with Gasteiger partial charge in [-0.05, 0) is 54.7 Å². The van der Waals surface area contributed by atoms with Crippen molar-refractivity contribution in [3.05, 3.63) is 59.2 Å². The summed E-state index contributed by atoms with van der Waals surface area (Å²) in [5.74, 6) is 0.366. The Balaban J connectivity index is 1.57. The summed E-state index contributed by atoms with van der Waals surface area (Å²) in [4.78, 5) is 29.5. The van der Waals surface area contributed by atoms with Crippen molar-refractivity contribution in [2.75, 3.05) is 23.8 Å². The normalized spacial score (nSPS) is 18.5. The molecule has 27 heavy (non-hydrogen) atoms. The number of fused-ring (bicyclic) bond motifs is 2. The van der Waals surface area contributed by atoms with Gasteiger partial charge in [0.1, 0.15) is 6.17 Å². The van der Waals surface area contributed by atoms with Gasteiger partial charge in [0.2, 0.25) is 0 Å². The van der Waals surface area contributed by atoms with Crippen molar-refractivity contribution in [1.82, 2.24) is 4.90 Å². The summed E-state index contributed by atoms with van der Waals surface area (Å²) in [5.41, 5.74) is 4.09. The highest BCUT2D eigenvalue weighted by atomic mass is 16.2. The Bertz CT molecular complexity index is 889. The molecule has 2 heterocycles. The van der Waals surface area contributed by atoms with E-state index in [9.17, 15) is 9.59 Å². The monoisotopic (exact) mass is 363 g/mol. The maximum Gasteiger partial charge on any atom is 0.257 e. The van der Waals surface area contributed by atoms with E-state index in [2.05, 4.69) is 24.1 Å². The highest BCUT2D eigenvalue weighted by Crippen LogP contribution is 2.35. The second-order valence-corrected chi connectivity index (χ2v) is 7.70. The van der Waals surface area contributed by atoms with Crippen LogP contribution in [-0.2, 0) is 0 Å². The molecule has 0 spiro atoms. The van der Waals surface area contributed by atoms with Crippen LogP contribution in [0.2, 0.25) is 0 Å². The second kappa shape index (κ2) is 6.72. The second-order valence-electron chi connectivity index (χ2n) is 7.70. The first-order valence-electron chi connectivity index (χ1n) is 9.55. The molecule has 2 aromatic carbocycles. The van der Waals surface area contributed by atoms with E-state index >= 15 is 0 Å². The van der Waals surface area contributed by atoms with E-state index in [0.717, 1.165) is 30.8 Å². The Morgan fingerprint density at radius 2 is 1.89 bits per heavy atom. The van der Waals surface area contributed by atoms with Crippen LogP contribution in [0.5, 0.6) is 0 Å². The van der Waals surface area contributed by atoms with Crippen LogP contribution in [0, 0.1) is 0 Å². The fourth-order valence-electron chi connectivity index (χ4n) is 4.00. The van der Waals surface area contributed by atoms with Gasteiger partial charge in [-0.3, -0.25) is 9.59 Å². The number of hydrogen-bond donors (Lipinski definition) is 1. The summed E-state index contributed by atoms with van der Waals surface area (Å²) >= 11 is 0. The summed E-state index contributed by atoms with van der Waals surface area (Å²) in [7, 11) is 2.00. The maximum atomic E-state index is 12.7. The van der Waals surface area contributed by atoms with Crippen molar-refractivity contribution in [2.24, 2.45) is 0 Å². The summed E-state index contributed by atoms with van der Waals surface area (Å²) in [5, 5.41) is 2.95. The van der Waals surface area contributed by atoms with Crippen LogP contribution in [-0.4, -0.2) is 36.5 Å². The van der Waals surface area contributed by atoms with Crippen molar-refractivity contribution in [3.8, 4) is 0 Å². The van der Waals surface area contributed by atoms with Gasteiger partial charge in [-0.25, -0.2) is 0 Å². The third-order valence-corrected chi connectivity index (χ3v) is 5.63. The van der Waals surface area contributed by atoms with Crippen LogP contribution in [0.25, 0.3) is 0 Å². The van der Waals surface area contributed by atoms with E-state index in [4.69, 9.17) is 0 Å².